The van der Waals surface area contributed by atoms with Gasteiger partial charge in [0.05, 0.1) is 0 Å². The molecule has 0 aromatic heterocycles. The molecule has 0 unspecified atom stereocenters. The Balaban J connectivity index is 3.10. The zero-order valence-electron chi connectivity index (χ0n) is 7.54. The van der Waals surface area contributed by atoms with Gasteiger partial charge in [0.1, 0.15) is 0 Å². The van der Waals surface area contributed by atoms with Crippen molar-refractivity contribution >= 4 is 5.84 Å². The minimum Gasteiger partial charge on any atom is -0.409 e. The Kier molecular flexibility index (Phi) is 2.69. The van der Waals surface area contributed by atoms with Crippen LogP contribution >= 0.6 is 0 Å². The third-order valence-electron chi connectivity index (χ3n) is 1.84. The van der Waals surface area contributed by atoms with Gasteiger partial charge < -0.3 is 10.9 Å². The highest BCUT2D eigenvalue weighted by atomic mass is 19.3. The molecule has 3 N–H and O–H groups in total. The number of nitrogens with two attached hydrogens (primary N) is 1. The lowest BCUT2D eigenvalue weighted by Crippen LogP contribution is -2.33. The molecule has 76 valence electrons. The lowest BCUT2D eigenvalue weighted by Gasteiger charge is -2.14. The summed E-state index contributed by atoms with van der Waals surface area (Å²) in [5, 5.41) is 10.5. The first-order valence-corrected chi connectivity index (χ1v) is 3.91. The summed E-state index contributed by atoms with van der Waals surface area (Å²) < 4.78 is 26.5. The van der Waals surface area contributed by atoms with E-state index in [1.807, 2.05) is 0 Å². The molecule has 0 radical (unpaired) electrons. The van der Waals surface area contributed by atoms with Crippen LogP contribution in [0.3, 0.4) is 0 Å². The van der Waals surface area contributed by atoms with Crippen molar-refractivity contribution in [2.24, 2.45) is 10.9 Å². The monoisotopic (exact) mass is 200 g/mol. The molecule has 0 spiro atoms. The molecule has 5 heteroatoms. The van der Waals surface area contributed by atoms with E-state index >= 15 is 0 Å². The zero-order chi connectivity index (χ0) is 10.8. The zero-order valence-corrected chi connectivity index (χ0v) is 7.54. The largest absolute Gasteiger partial charge is 0.409 e. The van der Waals surface area contributed by atoms with Gasteiger partial charge in [0.25, 0.3) is 0 Å². The van der Waals surface area contributed by atoms with Gasteiger partial charge in [0.2, 0.25) is 5.84 Å². The van der Waals surface area contributed by atoms with E-state index in [1.54, 1.807) is 6.92 Å². The number of aryl methyl sites for hydroxylation is 1. The Morgan fingerprint density at radius 3 is 2.29 bits per heavy atom. The lowest BCUT2D eigenvalue weighted by atomic mass is 10.1. The second-order valence-electron chi connectivity index (χ2n) is 2.93. The van der Waals surface area contributed by atoms with Crippen LogP contribution in [0.25, 0.3) is 0 Å². The number of rotatable bonds is 2. The van der Waals surface area contributed by atoms with Crippen LogP contribution in [0.15, 0.2) is 29.4 Å². The van der Waals surface area contributed by atoms with Gasteiger partial charge in [0, 0.05) is 5.56 Å². The van der Waals surface area contributed by atoms with Crippen LogP contribution in [-0.4, -0.2) is 11.0 Å². The van der Waals surface area contributed by atoms with Gasteiger partial charge in [-0.2, -0.15) is 8.78 Å². The summed E-state index contributed by atoms with van der Waals surface area (Å²) in [6.07, 6.45) is 0. The Labute approximate surface area is 79.8 Å². The predicted octanol–water partition coefficient (Wildman–Crippen LogP) is 1.83. The summed E-state index contributed by atoms with van der Waals surface area (Å²) in [6, 6.07) is 5.56. The van der Waals surface area contributed by atoms with Gasteiger partial charge >= 0.3 is 5.92 Å². The second-order valence-corrected chi connectivity index (χ2v) is 2.93. The molecule has 0 aliphatic rings. The molecule has 1 aromatic rings. The third kappa shape index (κ3) is 1.81. The molecular formula is C9H10F2N2O. The SMILES string of the molecule is Cc1ccc(C(F)(F)/C(N)=N/O)cc1. The fraction of sp³-hybridized carbons (Fsp3) is 0.222. The summed E-state index contributed by atoms with van der Waals surface area (Å²) in [6.45, 7) is 1.78. The molecule has 0 bridgehead atoms. The summed E-state index contributed by atoms with van der Waals surface area (Å²) in [4.78, 5) is 0. The Bertz CT molecular complexity index is 346. The number of alkyl halides is 2. The highest BCUT2D eigenvalue weighted by Gasteiger charge is 2.37. The molecule has 0 heterocycles. The van der Waals surface area contributed by atoms with E-state index in [0.717, 1.165) is 5.56 Å². The fourth-order valence-electron chi connectivity index (χ4n) is 0.974. The molecule has 14 heavy (non-hydrogen) atoms. The van der Waals surface area contributed by atoms with E-state index in [0.29, 0.717) is 0 Å². The second kappa shape index (κ2) is 3.61. The van der Waals surface area contributed by atoms with Gasteiger partial charge in [0.15, 0.2) is 0 Å². The van der Waals surface area contributed by atoms with Crippen LogP contribution in [-0.2, 0) is 5.92 Å². The smallest absolute Gasteiger partial charge is 0.332 e. The van der Waals surface area contributed by atoms with Crippen molar-refractivity contribution in [3.63, 3.8) is 0 Å². The molecule has 1 rings (SSSR count). The average molecular weight is 200 g/mol. The first-order valence-electron chi connectivity index (χ1n) is 3.91. The normalized spacial score (nSPS) is 12.9. The van der Waals surface area contributed by atoms with Gasteiger partial charge in [-0.1, -0.05) is 35.0 Å². The molecular weight excluding hydrogens is 190 g/mol. The van der Waals surface area contributed by atoms with Gasteiger partial charge in [-0.3, -0.25) is 0 Å². The predicted molar refractivity (Wildman–Crippen MR) is 48.5 cm³/mol. The van der Waals surface area contributed by atoms with Crippen molar-refractivity contribution < 1.29 is 14.0 Å². The topological polar surface area (TPSA) is 58.6 Å². The summed E-state index contributed by atoms with van der Waals surface area (Å²) in [5.74, 6) is -4.54. The van der Waals surface area contributed by atoms with Crippen molar-refractivity contribution in [3.8, 4) is 0 Å². The van der Waals surface area contributed by atoms with Crippen LogP contribution in [0.1, 0.15) is 11.1 Å². The third-order valence-corrected chi connectivity index (χ3v) is 1.84. The van der Waals surface area contributed by atoms with Crippen LogP contribution in [0, 0.1) is 6.92 Å². The van der Waals surface area contributed by atoms with E-state index in [4.69, 9.17) is 10.9 Å². The van der Waals surface area contributed by atoms with Crippen LogP contribution < -0.4 is 5.73 Å². The maximum absolute atomic E-state index is 13.3. The number of halogens is 2. The number of nitrogens with zero attached hydrogens (tertiary/aromatic N) is 1. The number of oxime groups is 1. The molecule has 3 nitrogen and oxygen atoms in total. The number of hydrogen-bond acceptors (Lipinski definition) is 2. The van der Waals surface area contributed by atoms with E-state index in [1.165, 1.54) is 24.3 Å². The number of hydrogen-bond donors (Lipinski definition) is 2. The van der Waals surface area contributed by atoms with Crippen molar-refractivity contribution in [1.29, 1.82) is 0 Å². The lowest BCUT2D eigenvalue weighted by molar-refractivity contribution is 0.0699. The maximum atomic E-state index is 13.3. The maximum Gasteiger partial charge on any atom is 0.332 e. The summed E-state index contributed by atoms with van der Waals surface area (Å²) >= 11 is 0. The highest BCUT2D eigenvalue weighted by molar-refractivity contribution is 5.87. The molecule has 0 aliphatic carbocycles. The molecule has 0 aliphatic heterocycles. The molecule has 0 fully saturated rings. The van der Waals surface area contributed by atoms with Crippen LogP contribution in [0.2, 0.25) is 0 Å². The molecule has 0 saturated carbocycles. The van der Waals surface area contributed by atoms with Crippen molar-refractivity contribution in [1.82, 2.24) is 0 Å². The summed E-state index contributed by atoms with van der Waals surface area (Å²) in [7, 11) is 0. The highest BCUT2D eigenvalue weighted by Crippen LogP contribution is 2.27. The van der Waals surface area contributed by atoms with Crippen molar-refractivity contribution in [2.75, 3.05) is 0 Å². The van der Waals surface area contributed by atoms with E-state index in [-0.39, 0.29) is 5.56 Å². The van der Waals surface area contributed by atoms with Crippen LogP contribution in [0.5, 0.6) is 0 Å². The molecule has 0 saturated heterocycles. The minimum atomic E-state index is -3.43. The standard InChI is InChI=1S/C9H10F2N2O/c1-6-2-4-7(5-3-6)9(10,11)8(12)13-14/h2-5,14H,1H3,(H2,12,13). The van der Waals surface area contributed by atoms with E-state index < -0.39 is 11.8 Å². The Morgan fingerprint density at radius 2 is 1.86 bits per heavy atom. The molecule has 0 atom stereocenters. The average Bonchev–Trinajstić information content (AvgIpc) is 2.17. The molecule has 0 amide bonds. The molecule has 1 aromatic carbocycles. The van der Waals surface area contributed by atoms with Crippen molar-refractivity contribution in [2.45, 2.75) is 12.8 Å². The van der Waals surface area contributed by atoms with E-state index in [2.05, 4.69) is 5.16 Å². The quantitative estimate of drug-likeness (QED) is 0.331. The van der Waals surface area contributed by atoms with Gasteiger partial charge in [-0.25, -0.2) is 0 Å². The Hall–Kier alpha value is -1.65. The van der Waals surface area contributed by atoms with Gasteiger partial charge in [-0.15, -0.1) is 0 Å². The van der Waals surface area contributed by atoms with Crippen LogP contribution in [0.4, 0.5) is 8.78 Å². The number of amidine groups is 1. The first-order chi connectivity index (χ1) is 6.48. The summed E-state index contributed by atoms with van der Waals surface area (Å²) in [5.41, 5.74) is 5.44. The number of benzene rings is 1. The van der Waals surface area contributed by atoms with E-state index in [9.17, 15) is 8.78 Å². The minimum absolute atomic E-state index is 0.293. The Morgan fingerprint density at radius 1 is 1.36 bits per heavy atom. The van der Waals surface area contributed by atoms with Gasteiger partial charge in [-0.05, 0) is 6.92 Å². The van der Waals surface area contributed by atoms with Crippen molar-refractivity contribution in [3.05, 3.63) is 35.4 Å². The fourth-order valence-corrected chi connectivity index (χ4v) is 0.974. The first kappa shape index (κ1) is 10.4.